The van der Waals surface area contributed by atoms with Crippen molar-refractivity contribution >= 4 is 40.5 Å². The minimum Gasteiger partial charge on any atom is -0.506 e. The van der Waals surface area contributed by atoms with Gasteiger partial charge in [0.05, 0.1) is 16.5 Å². The number of aromatic hydroxyl groups is 1. The second kappa shape index (κ2) is 7.01. The van der Waals surface area contributed by atoms with Gasteiger partial charge in [0.2, 0.25) is 11.8 Å². The quantitative estimate of drug-likeness (QED) is 0.484. The molecule has 0 aromatic heterocycles. The van der Waals surface area contributed by atoms with Crippen molar-refractivity contribution in [2.24, 2.45) is 5.92 Å². The molecule has 8 nitrogen and oxygen atoms in total. The number of amides is 2. The number of non-ortho nitro benzene ring substituents is 1. The Balaban J connectivity index is 1.73. The van der Waals surface area contributed by atoms with Crippen LogP contribution in [0.1, 0.15) is 6.42 Å². The van der Waals surface area contributed by atoms with Crippen molar-refractivity contribution in [3.63, 3.8) is 0 Å². The molecule has 1 aliphatic rings. The molecule has 1 fully saturated rings. The van der Waals surface area contributed by atoms with Crippen molar-refractivity contribution in [3.05, 3.63) is 57.6 Å². The molecule has 2 aromatic carbocycles. The van der Waals surface area contributed by atoms with Crippen molar-refractivity contribution in [1.29, 1.82) is 0 Å². The second-order valence-electron chi connectivity index (χ2n) is 5.83. The van der Waals surface area contributed by atoms with Gasteiger partial charge in [0.1, 0.15) is 5.75 Å². The predicted molar refractivity (Wildman–Crippen MR) is 95.3 cm³/mol. The van der Waals surface area contributed by atoms with Gasteiger partial charge in [-0.15, -0.1) is 0 Å². The molecule has 9 heteroatoms. The summed E-state index contributed by atoms with van der Waals surface area (Å²) in [6, 6.07) is 10.0. The van der Waals surface area contributed by atoms with E-state index >= 15 is 0 Å². The number of phenols is 1. The summed E-state index contributed by atoms with van der Waals surface area (Å²) in [6.07, 6.45) is 0.00412. The summed E-state index contributed by atoms with van der Waals surface area (Å²) in [5.41, 5.74) is 0.304. The maximum Gasteiger partial charge on any atom is 0.271 e. The summed E-state index contributed by atoms with van der Waals surface area (Å²) >= 11 is 5.83. The largest absolute Gasteiger partial charge is 0.506 e. The number of nitrogens with one attached hydrogen (secondary N) is 1. The molecule has 134 valence electrons. The SMILES string of the molecule is O=C(Nc1cc([N+](=O)[O-])ccc1O)C1CC(=O)N(c2ccc(Cl)cc2)C1. The normalized spacial score (nSPS) is 16.6. The summed E-state index contributed by atoms with van der Waals surface area (Å²) in [5.74, 6) is -1.64. The zero-order valence-corrected chi connectivity index (χ0v) is 14.1. The molecule has 0 saturated carbocycles. The molecule has 1 heterocycles. The Bertz CT molecular complexity index is 884. The first-order valence-corrected chi connectivity index (χ1v) is 8.07. The zero-order chi connectivity index (χ0) is 18.8. The highest BCUT2D eigenvalue weighted by molar-refractivity contribution is 6.30. The van der Waals surface area contributed by atoms with Crippen LogP contribution in [0.15, 0.2) is 42.5 Å². The minimum absolute atomic E-state index is 0.00412. The molecular formula is C17H14ClN3O5. The Labute approximate surface area is 153 Å². The van der Waals surface area contributed by atoms with Crippen LogP contribution in [-0.2, 0) is 9.59 Å². The van der Waals surface area contributed by atoms with E-state index in [0.717, 1.165) is 18.2 Å². The van der Waals surface area contributed by atoms with E-state index in [9.17, 15) is 24.8 Å². The van der Waals surface area contributed by atoms with E-state index in [2.05, 4.69) is 5.32 Å². The molecule has 0 spiro atoms. The van der Waals surface area contributed by atoms with Crippen molar-refractivity contribution in [3.8, 4) is 5.75 Å². The van der Waals surface area contributed by atoms with Crippen LogP contribution in [0.3, 0.4) is 0 Å². The van der Waals surface area contributed by atoms with E-state index in [1.165, 1.54) is 4.90 Å². The lowest BCUT2D eigenvalue weighted by molar-refractivity contribution is -0.384. The van der Waals surface area contributed by atoms with E-state index in [-0.39, 0.29) is 36.0 Å². The smallest absolute Gasteiger partial charge is 0.271 e. The van der Waals surface area contributed by atoms with Gasteiger partial charge in [0.25, 0.3) is 5.69 Å². The summed E-state index contributed by atoms with van der Waals surface area (Å²) < 4.78 is 0. The zero-order valence-electron chi connectivity index (χ0n) is 13.4. The Morgan fingerprint density at radius 2 is 1.96 bits per heavy atom. The van der Waals surface area contributed by atoms with Gasteiger partial charge in [0, 0.05) is 35.8 Å². The topological polar surface area (TPSA) is 113 Å². The van der Waals surface area contributed by atoms with Crippen molar-refractivity contribution in [1.82, 2.24) is 0 Å². The lowest BCUT2D eigenvalue weighted by atomic mass is 10.1. The first-order chi connectivity index (χ1) is 12.3. The van der Waals surface area contributed by atoms with Gasteiger partial charge in [-0.3, -0.25) is 19.7 Å². The van der Waals surface area contributed by atoms with Crippen molar-refractivity contribution < 1.29 is 19.6 Å². The van der Waals surface area contributed by atoms with Gasteiger partial charge in [-0.25, -0.2) is 0 Å². The van der Waals surface area contributed by atoms with E-state index in [1.54, 1.807) is 24.3 Å². The van der Waals surface area contributed by atoms with Gasteiger partial charge < -0.3 is 15.3 Å². The maximum absolute atomic E-state index is 12.4. The van der Waals surface area contributed by atoms with Crippen LogP contribution in [0.4, 0.5) is 17.1 Å². The molecule has 1 unspecified atom stereocenters. The number of nitrogens with zero attached hydrogens (tertiary/aromatic N) is 2. The number of halogens is 1. The summed E-state index contributed by atoms with van der Waals surface area (Å²) in [4.78, 5) is 36.3. The minimum atomic E-state index is -0.642. The molecule has 2 N–H and O–H groups in total. The highest BCUT2D eigenvalue weighted by atomic mass is 35.5. The summed E-state index contributed by atoms with van der Waals surface area (Å²) in [7, 11) is 0. The molecule has 0 bridgehead atoms. The van der Waals surface area contributed by atoms with Crippen molar-refractivity contribution in [2.75, 3.05) is 16.8 Å². The Morgan fingerprint density at radius 3 is 2.62 bits per heavy atom. The third kappa shape index (κ3) is 3.60. The van der Waals surface area contributed by atoms with Crippen LogP contribution in [0.2, 0.25) is 5.02 Å². The number of hydrogen-bond donors (Lipinski definition) is 2. The molecule has 2 amide bonds. The fourth-order valence-electron chi connectivity index (χ4n) is 2.73. The molecule has 0 aliphatic carbocycles. The molecule has 1 aliphatic heterocycles. The van der Waals surface area contributed by atoms with Crippen LogP contribution in [0, 0.1) is 16.0 Å². The molecule has 0 radical (unpaired) electrons. The van der Waals surface area contributed by atoms with Gasteiger partial charge in [-0.1, -0.05) is 11.6 Å². The third-order valence-corrected chi connectivity index (χ3v) is 4.33. The average molecular weight is 376 g/mol. The average Bonchev–Trinajstić information content (AvgIpc) is 2.99. The molecule has 1 atom stereocenters. The number of hydrogen-bond acceptors (Lipinski definition) is 5. The monoisotopic (exact) mass is 375 g/mol. The van der Waals surface area contributed by atoms with E-state index in [1.807, 2.05) is 0 Å². The fourth-order valence-corrected chi connectivity index (χ4v) is 2.85. The van der Waals surface area contributed by atoms with Crippen LogP contribution in [0.25, 0.3) is 0 Å². The highest BCUT2D eigenvalue weighted by Gasteiger charge is 2.35. The maximum atomic E-state index is 12.4. The first-order valence-electron chi connectivity index (χ1n) is 7.69. The number of phenolic OH excluding ortho intramolecular Hbond substituents is 1. The third-order valence-electron chi connectivity index (χ3n) is 4.08. The predicted octanol–water partition coefficient (Wildman–Crippen LogP) is 2.95. The molecule has 1 saturated heterocycles. The molecule has 3 rings (SSSR count). The molecular weight excluding hydrogens is 362 g/mol. The molecule has 2 aromatic rings. The number of carbonyl (C=O) groups is 2. The Kier molecular flexibility index (Phi) is 4.77. The number of benzene rings is 2. The van der Waals surface area contributed by atoms with Crippen LogP contribution < -0.4 is 10.2 Å². The number of carbonyl (C=O) groups excluding carboxylic acids is 2. The first kappa shape index (κ1) is 17.7. The van der Waals surface area contributed by atoms with Crippen LogP contribution in [-0.4, -0.2) is 28.4 Å². The van der Waals surface area contributed by atoms with Gasteiger partial charge in [-0.2, -0.15) is 0 Å². The van der Waals surface area contributed by atoms with E-state index in [0.29, 0.717) is 10.7 Å². The van der Waals surface area contributed by atoms with Crippen LogP contribution in [0.5, 0.6) is 5.75 Å². The second-order valence-corrected chi connectivity index (χ2v) is 6.27. The van der Waals surface area contributed by atoms with Crippen LogP contribution >= 0.6 is 11.6 Å². The van der Waals surface area contributed by atoms with Crippen molar-refractivity contribution in [2.45, 2.75) is 6.42 Å². The lowest BCUT2D eigenvalue weighted by Crippen LogP contribution is -2.28. The summed E-state index contributed by atoms with van der Waals surface area (Å²) in [6.45, 7) is 0.169. The number of nitro groups is 1. The Morgan fingerprint density at radius 1 is 1.27 bits per heavy atom. The number of rotatable bonds is 4. The summed E-state index contributed by atoms with van der Waals surface area (Å²) in [5, 5.41) is 23.6. The number of anilines is 2. The highest BCUT2D eigenvalue weighted by Crippen LogP contribution is 2.30. The lowest BCUT2D eigenvalue weighted by Gasteiger charge is -2.17. The van der Waals surface area contributed by atoms with E-state index in [4.69, 9.17) is 11.6 Å². The fraction of sp³-hybridized carbons (Fsp3) is 0.176. The van der Waals surface area contributed by atoms with Gasteiger partial charge in [-0.05, 0) is 30.3 Å². The standard InChI is InChI=1S/C17H14ClN3O5/c18-11-1-3-12(4-2-11)20-9-10(7-16(20)23)17(24)19-14-8-13(21(25)26)5-6-15(14)22/h1-6,8,10,22H,7,9H2,(H,19,24). The van der Waals surface area contributed by atoms with Gasteiger partial charge in [0.15, 0.2) is 0 Å². The van der Waals surface area contributed by atoms with E-state index < -0.39 is 16.7 Å². The Hall–Kier alpha value is -3.13. The number of nitro benzene ring substituents is 1. The molecule has 26 heavy (non-hydrogen) atoms. The van der Waals surface area contributed by atoms with Gasteiger partial charge >= 0.3 is 0 Å².